The SMILES string of the molecule is O=C(NS(=O)(=O)O)N(Cl)c1ccccc1. The highest BCUT2D eigenvalue weighted by Crippen LogP contribution is 2.15. The number of hydrogen-bond donors (Lipinski definition) is 2. The summed E-state index contributed by atoms with van der Waals surface area (Å²) in [6.45, 7) is 0. The summed E-state index contributed by atoms with van der Waals surface area (Å²) in [5, 5.41) is 0. The fourth-order valence-electron chi connectivity index (χ4n) is 0.827. The first-order valence-corrected chi connectivity index (χ1v) is 5.48. The topological polar surface area (TPSA) is 86.7 Å². The number of carbonyl (C=O) groups is 1. The van der Waals surface area contributed by atoms with E-state index in [0.29, 0.717) is 4.42 Å². The zero-order chi connectivity index (χ0) is 11.5. The van der Waals surface area contributed by atoms with Crippen molar-refractivity contribution in [2.45, 2.75) is 0 Å². The first-order chi connectivity index (χ1) is 6.90. The fourth-order valence-corrected chi connectivity index (χ4v) is 1.34. The van der Waals surface area contributed by atoms with Gasteiger partial charge in [0.25, 0.3) is 0 Å². The maximum atomic E-state index is 11.1. The van der Waals surface area contributed by atoms with Crippen LogP contribution in [0.15, 0.2) is 30.3 Å². The Morgan fingerprint density at radius 1 is 1.33 bits per heavy atom. The molecule has 0 saturated carbocycles. The number of nitrogens with one attached hydrogen (secondary N) is 1. The molecule has 1 aromatic rings. The van der Waals surface area contributed by atoms with Crippen LogP contribution in [0.4, 0.5) is 10.5 Å². The van der Waals surface area contributed by atoms with E-state index in [1.807, 2.05) is 0 Å². The molecule has 0 aromatic heterocycles. The van der Waals surface area contributed by atoms with Crippen molar-refractivity contribution in [3.63, 3.8) is 0 Å². The van der Waals surface area contributed by atoms with Gasteiger partial charge in [-0.15, -0.1) is 0 Å². The van der Waals surface area contributed by atoms with E-state index in [1.54, 1.807) is 18.2 Å². The van der Waals surface area contributed by atoms with Crippen LogP contribution in [-0.4, -0.2) is 19.0 Å². The largest absolute Gasteiger partial charge is 0.361 e. The second-order valence-electron chi connectivity index (χ2n) is 2.50. The van der Waals surface area contributed by atoms with Crippen LogP contribution in [0.2, 0.25) is 0 Å². The van der Waals surface area contributed by atoms with E-state index >= 15 is 0 Å². The summed E-state index contributed by atoms with van der Waals surface area (Å²) in [6, 6.07) is 6.77. The highest BCUT2D eigenvalue weighted by atomic mass is 35.5. The average Bonchev–Trinajstić information content (AvgIpc) is 2.15. The first kappa shape index (κ1) is 11.8. The summed E-state index contributed by atoms with van der Waals surface area (Å²) in [4.78, 5) is 11.1. The molecule has 15 heavy (non-hydrogen) atoms. The average molecular weight is 251 g/mol. The Hall–Kier alpha value is -1.31. The predicted octanol–water partition coefficient (Wildman–Crippen LogP) is 1.16. The van der Waals surface area contributed by atoms with Crippen molar-refractivity contribution in [2.24, 2.45) is 0 Å². The standard InChI is InChI=1S/C7H7ClN2O4S/c8-10(6-4-2-1-3-5-6)7(11)9-15(12,13)14/h1-5H,(H,9,11)(H,12,13,14). The van der Waals surface area contributed by atoms with Gasteiger partial charge in [-0.3, -0.25) is 4.55 Å². The predicted molar refractivity (Wildman–Crippen MR) is 54.9 cm³/mol. The number of carbonyl (C=O) groups excluding carboxylic acids is 1. The van der Waals surface area contributed by atoms with E-state index in [2.05, 4.69) is 0 Å². The molecule has 0 aliphatic rings. The summed E-state index contributed by atoms with van der Waals surface area (Å²) in [5.41, 5.74) is 0.278. The molecule has 0 heterocycles. The molecular formula is C7H7ClN2O4S. The van der Waals surface area contributed by atoms with Crippen molar-refractivity contribution in [3.8, 4) is 0 Å². The van der Waals surface area contributed by atoms with Gasteiger partial charge in [0.2, 0.25) is 0 Å². The highest BCUT2D eigenvalue weighted by molar-refractivity contribution is 7.84. The van der Waals surface area contributed by atoms with Gasteiger partial charge in [0.05, 0.1) is 5.69 Å². The minimum absolute atomic E-state index is 0.278. The third kappa shape index (κ3) is 3.74. The van der Waals surface area contributed by atoms with Gasteiger partial charge in [0.15, 0.2) is 0 Å². The molecular weight excluding hydrogens is 244 g/mol. The van der Waals surface area contributed by atoms with Crippen molar-refractivity contribution < 1.29 is 17.8 Å². The van der Waals surface area contributed by atoms with Crippen LogP contribution < -0.4 is 9.14 Å². The van der Waals surface area contributed by atoms with E-state index in [1.165, 1.54) is 16.9 Å². The van der Waals surface area contributed by atoms with Crippen LogP contribution >= 0.6 is 11.8 Å². The van der Waals surface area contributed by atoms with Crippen LogP contribution in [0.5, 0.6) is 0 Å². The van der Waals surface area contributed by atoms with Crippen LogP contribution in [0.3, 0.4) is 0 Å². The number of halogens is 1. The molecule has 0 atom stereocenters. The van der Waals surface area contributed by atoms with Crippen molar-refractivity contribution in [3.05, 3.63) is 30.3 Å². The molecule has 0 unspecified atom stereocenters. The van der Waals surface area contributed by atoms with E-state index in [9.17, 15) is 13.2 Å². The first-order valence-electron chi connectivity index (χ1n) is 3.70. The van der Waals surface area contributed by atoms with E-state index in [4.69, 9.17) is 16.3 Å². The molecule has 0 fully saturated rings. The van der Waals surface area contributed by atoms with Crippen LogP contribution in [0.1, 0.15) is 0 Å². The lowest BCUT2D eigenvalue weighted by atomic mass is 10.3. The second-order valence-corrected chi connectivity index (χ2v) is 3.99. The second kappa shape index (κ2) is 4.47. The van der Waals surface area contributed by atoms with Gasteiger partial charge in [-0.05, 0) is 12.1 Å². The number of rotatable bonds is 2. The lowest BCUT2D eigenvalue weighted by molar-refractivity contribution is 0.253. The van der Waals surface area contributed by atoms with Gasteiger partial charge >= 0.3 is 16.3 Å². The minimum atomic E-state index is -4.60. The molecule has 1 aromatic carbocycles. The molecule has 0 saturated heterocycles. The third-order valence-electron chi connectivity index (χ3n) is 1.38. The molecule has 2 amide bonds. The number of amides is 2. The monoisotopic (exact) mass is 250 g/mol. The number of hydrogen-bond acceptors (Lipinski definition) is 3. The minimum Gasteiger partial charge on any atom is -0.269 e. The lowest BCUT2D eigenvalue weighted by Gasteiger charge is -2.12. The molecule has 0 aliphatic carbocycles. The smallest absolute Gasteiger partial charge is 0.269 e. The lowest BCUT2D eigenvalue weighted by Crippen LogP contribution is -2.37. The molecule has 6 nitrogen and oxygen atoms in total. The maximum absolute atomic E-state index is 11.1. The van der Waals surface area contributed by atoms with E-state index in [0.717, 1.165) is 0 Å². The Morgan fingerprint density at radius 2 is 1.87 bits per heavy atom. The summed E-state index contributed by atoms with van der Waals surface area (Å²) < 4.78 is 30.8. The van der Waals surface area contributed by atoms with Crippen molar-refractivity contribution in [2.75, 3.05) is 4.42 Å². The van der Waals surface area contributed by atoms with Gasteiger partial charge in [-0.2, -0.15) is 8.42 Å². The number of nitrogens with zero attached hydrogens (tertiary/aromatic N) is 1. The Balaban J connectivity index is 2.78. The zero-order valence-corrected chi connectivity index (χ0v) is 8.86. The number of para-hydroxylation sites is 1. The van der Waals surface area contributed by atoms with Crippen LogP contribution in [0.25, 0.3) is 0 Å². The maximum Gasteiger partial charge on any atom is 0.361 e. The van der Waals surface area contributed by atoms with Gasteiger partial charge in [0, 0.05) is 11.8 Å². The Labute approximate surface area is 91.4 Å². The van der Waals surface area contributed by atoms with Crippen LogP contribution in [-0.2, 0) is 10.3 Å². The number of benzene rings is 1. The Morgan fingerprint density at radius 3 is 2.33 bits per heavy atom. The van der Waals surface area contributed by atoms with Gasteiger partial charge in [-0.25, -0.2) is 13.9 Å². The summed E-state index contributed by atoms with van der Waals surface area (Å²) in [7, 11) is -4.60. The van der Waals surface area contributed by atoms with Gasteiger partial charge in [-0.1, -0.05) is 18.2 Å². The quantitative estimate of drug-likeness (QED) is 0.609. The molecule has 0 bridgehead atoms. The Bertz CT molecular complexity index is 447. The van der Waals surface area contributed by atoms with E-state index < -0.39 is 16.3 Å². The Kier molecular flexibility index (Phi) is 3.51. The van der Waals surface area contributed by atoms with Gasteiger partial charge in [0.1, 0.15) is 0 Å². The van der Waals surface area contributed by atoms with Gasteiger partial charge < -0.3 is 0 Å². The molecule has 82 valence electrons. The number of urea groups is 1. The summed E-state index contributed by atoms with van der Waals surface area (Å²) >= 11 is 5.51. The van der Waals surface area contributed by atoms with Crippen molar-refractivity contribution in [1.82, 2.24) is 4.72 Å². The summed E-state index contributed by atoms with van der Waals surface area (Å²) in [5.74, 6) is 0. The molecule has 0 aliphatic heterocycles. The zero-order valence-electron chi connectivity index (χ0n) is 7.29. The number of anilines is 1. The van der Waals surface area contributed by atoms with E-state index in [-0.39, 0.29) is 5.69 Å². The molecule has 2 N–H and O–H groups in total. The summed E-state index contributed by atoms with van der Waals surface area (Å²) in [6.07, 6.45) is 0. The molecule has 0 spiro atoms. The van der Waals surface area contributed by atoms with Crippen molar-refractivity contribution in [1.29, 1.82) is 0 Å². The fraction of sp³-hybridized carbons (Fsp3) is 0. The normalized spacial score (nSPS) is 10.8. The molecule has 0 radical (unpaired) electrons. The third-order valence-corrected chi connectivity index (χ3v) is 2.16. The highest BCUT2D eigenvalue weighted by Gasteiger charge is 2.17. The van der Waals surface area contributed by atoms with Crippen LogP contribution in [0, 0.1) is 0 Å². The molecule has 1 rings (SSSR count). The van der Waals surface area contributed by atoms with Crippen molar-refractivity contribution >= 4 is 33.8 Å². The molecule has 8 heteroatoms.